The summed E-state index contributed by atoms with van der Waals surface area (Å²) >= 11 is 0. The van der Waals surface area contributed by atoms with Gasteiger partial charge in [0, 0.05) is 16.5 Å². The second-order valence-corrected chi connectivity index (χ2v) is 7.83. The van der Waals surface area contributed by atoms with Gasteiger partial charge in [0.05, 0.1) is 33.5 Å². The number of carbonyl (C=O) groups excluding carboxylic acids is 2. The maximum absolute atomic E-state index is 14.0. The van der Waals surface area contributed by atoms with Gasteiger partial charge in [-0.2, -0.15) is 0 Å². The lowest BCUT2D eigenvalue weighted by Gasteiger charge is -2.16. The van der Waals surface area contributed by atoms with E-state index in [1.165, 1.54) is 17.0 Å². The van der Waals surface area contributed by atoms with Crippen LogP contribution >= 0.6 is 0 Å². The highest BCUT2D eigenvalue weighted by atomic mass is 19.1. The van der Waals surface area contributed by atoms with E-state index < -0.39 is 0 Å². The third-order valence-electron chi connectivity index (χ3n) is 5.83. The van der Waals surface area contributed by atoms with E-state index in [4.69, 9.17) is 0 Å². The van der Waals surface area contributed by atoms with E-state index in [9.17, 15) is 14.0 Å². The number of fused-ring (bicyclic) bond motifs is 3. The van der Waals surface area contributed by atoms with Crippen molar-refractivity contribution in [3.8, 4) is 0 Å². The first kappa shape index (κ1) is 19.1. The molecule has 0 radical (unpaired) electrons. The summed E-state index contributed by atoms with van der Waals surface area (Å²) < 4.78 is 14.0. The maximum Gasteiger partial charge on any atom is 0.266 e. The van der Waals surface area contributed by atoms with Gasteiger partial charge in [-0.15, -0.1) is 0 Å². The van der Waals surface area contributed by atoms with Crippen LogP contribution in [0.25, 0.3) is 21.8 Å². The molecule has 6 heteroatoms. The molecule has 1 aliphatic rings. The topological polar surface area (TPSA) is 62.3 Å². The Kier molecular flexibility index (Phi) is 4.20. The van der Waals surface area contributed by atoms with Crippen LogP contribution < -0.4 is 10.2 Å². The highest BCUT2D eigenvalue weighted by molar-refractivity contribution is 6.34. The molecule has 0 spiro atoms. The van der Waals surface area contributed by atoms with Crippen LogP contribution in [0.4, 0.5) is 21.5 Å². The first-order valence-electron chi connectivity index (χ1n) is 10.4. The monoisotopic (exact) mass is 433 g/mol. The first-order valence-corrected chi connectivity index (χ1v) is 10.4. The Balaban J connectivity index is 1.39. The number of aromatic nitrogens is 1. The van der Waals surface area contributed by atoms with E-state index in [0.29, 0.717) is 27.7 Å². The van der Waals surface area contributed by atoms with Crippen molar-refractivity contribution in [2.75, 3.05) is 10.2 Å². The van der Waals surface area contributed by atoms with Crippen LogP contribution in [0.5, 0.6) is 0 Å². The number of anilines is 3. The number of nitrogens with zero attached hydrogens (tertiary/aromatic N) is 2. The lowest BCUT2D eigenvalue weighted by Crippen LogP contribution is -2.29. The van der Waals surface area contributed by atoms with E-state index in [-0.39, 0.29) is 17.6 Å². The molecule has 0 unspecified atom stereocenters. The second kappa shape index (κ2) is 7.24. The Morgan fingerprint density at radius 1 is 0.697 bits per heavy atom. The van der Waals surface area contributed by atoms with E-state index in [2.05, 4.69) is 10.3 Å². The summed E-state index contributed by atoms with van der Waals surface area (Å²) in [7, 11) is 0. The summed E-state index contributed by atoms with van der Waals surface area (Å²) in [5, 5.41) is 4.91. The Morgan fingerprint density at radius 3 is 2.06 bits per heavy atom. The average Bonchev–Trinajstić information content (AvgIpc) is 3.10. The van der Waals surface area contributed by atoms with Crippen molar-refractivity contribution >= 4 is 50.7 Å². The van der Waals surface area contributed by atoms with Crippen LogP contribution in [0.3, 0.4) is 0 Å². The molecule has 0 saturated heterocycles. The first-order chi connectivity index (χ1) is 16.1. The van der Waals surface area contributed by atoms with Gasteiger partial charge in [-0.05, 0) is 60.7 Å². The predicted molar refractivity (Wildman–Crippen MR) is 127 cm³/mol. The number of rotatable bonds is 3. The van der Waals surface area contributed by atoms with Crippen LogP contribution in [-0.2, 0) is 0 Å². The summed E-state index contributed by atoms with van der Waals surface area (Å²) in [6.07, 6.45) is 0. The molecular formula is C27H16FN3O2. The number of para-hydroxylation sites is 1. The number of pyridine rings is 1. The fourth-order valence-electron chi connectivity index (χ4n) is 4.26. The van der Waals surface area contributed by atoms with Gasteiger partial charge in [0.25, 0.3) is 11.8 Å². The maximum atomic E-state index is 14.0. The predicted octanol–water partition coefficient (Wildman–Crippen LogP) is 6.07. The summed E-state index contributed by atoms with van der Waals surface area (Å²) in [5.74, 6) is -1.01. The van der Waals surface area contributed by atoms with E-state index in [0.717, 1.165) is 22.3 Å². The Bertz CT molecular complexity index is 1560. The minimum Gasteiger partial charge on any atom is -0.354 e. The Hall–Kier alpha value is -4.58. The van der Waals surface area contributed by atoms with Gasteiger partial charge in [0.2, 0.25) is 0 Å². The Labute approximate surface area is 188 Å². The van der Waals surface area contributed by atoms with E-state index >= 15 is 0 Å². The molecular weight excluding hydrogens is 417 g/mol. The van der Waals surface area contributed by atoms with Crippen LogP contribution in [0, 0.1) is 5.82 Å². The molecule has 5 nitrogen and oxygen atoms in total. The van der Waals surface area contributed by atoms with Gasteiger partial charge in [-0.3, -0.25) is 9.59 Å². The molecule has 0 fully saturated rings. The van der Waals surface area contributed by atoms with Crippen LogP contribution in [0.15, 0.2) is 91.0 Å². The molecule has 4 aromatic carbocycles. The summed E-state index contributed by atoms with van der Waals surface area (Å²) in [5.41, 5.74) is 4.24. The number of benzene rings is 4. The Morgan fingerprint density at radius 2 is 1.33 bits per heavy atom. The van der Waals surface area contributed by atoms with Crippen molar-refractivity contribution in [1.29, 1.82) is 0 Å². The molecule has 158 valence electrons. The highest BCUT2D eigenvalue weighted by Gasteiger charge is 2.36. The summed E-state index contributed by atoms with van der Waals surface area (Å²) in [4.78, 5) is 31.3. The van der Waals surface area contributed by atoms with Gasteiger partial charge in [-0.1, -0.05) is 30.3 Å². The van der Waals surface area contributed by atoms with Gasteiger partial charge >= 0.3 is 0 Å². The zero-order chi connectivity index (χ0) is 22.5. The number of carbonyl (C=O) groups is 2. The number of amides is 2. The minimum atomic E-state index is -0.344. The van der Waals surface area contributed by atoms with Crippen LogP contribution in [-0.4, -0.2) is 16.8 Å². The molecule has 2 heterocycles. The van der Waals surface area contributed by atoms with Crippen molar-refractivity contribution in [2.45, 2.75) is 0 Å². The zero-order valence-corrected chi connectivity index (χ0v) is 17.2. The standard InChI is InChI=1S/C27H16FN3O2/c28-16-9-14-24-22(15-16)25(21-7-3-4-8-23(21)30-24)29-17-10-12-18(13-11-17)31-26(32)19-5-1-2-6-20(19)27(31)33/h1-15H,(H,29,30). The molecule has 1 N–H and O–H groups in total. The van der Waals surface area contributed by atoms with Gasteiger partial charge in [0.1, 0.15) is 5.82 Å². The quantitative estimate of drug-likeness (QED) is 0.277. The summed E-state index contributed by atoms with van der Waals surface area (Å²) in [6.45, 7) is 0. The highest BCUT2D eigenvalue weighted by Crippen LogP contribution is 2.35. The number of imide groups is 1. The average molecular weight is 433 g/mol. The number of hydrogen-bond donors (Lipinski definition) is 1. The van der Waals surface area contributed by atoms with Gasteiger partial charge in [-0.25, -0.2) is 14.3 Å². The molecule has 0 aliphatic carbocycles. The zero-order valence-electron chi connectivity index (χ0n) is 17.2. The molecule has 6 rings (SSSR count). The molecule has 1 aliphatic heterocycles. The fourth-order valence-corrected chi connectivity index (χ4v) is 4.26. The molecule has 0 atom stereocenters. The normalized spacial score (nSPS) is 13.1. The smallest absolute Gasteiger partial charge is 0.266 e. The lowest BCUT2D eigenvalue weighted by molar-refractivity contribution is 0.0926. The largest absolute Gasteiger partial charge is 0.354 e. The fraction of sp³-hybridized carbons (Fsp3) is 0. The second-order valence-electron chi connectivity index (χ2n) is 7.83. The van der Waals surface area contributed by atoms with E-state index in [1.54, 1.807) is 54.6 Å². The van der Waals surface area contributed by atoms with Gasteiger partial charge in [0.15, 0.2) is 0 Å². The van der Waals surface area contributed by atoms with Crippen LogP contribution in [0.1, 0.15) is 20.7 Å². The van der Waals surface area contributed by atoms with E-state index in [1.807, 2.05) is 24.3 Å². The van der Waals surface area contributed by atoms with Crippen molar-refractivity contribution in [2.24, 2.45) is 0 Å². The SMILES string of the molecule is O=C1c2ccccc2C(=O)N1c1ccc(Nc2c3ccccc3nc3ccc(F)cc23)cc1. The van der Waals surface area contributed by atoms with Gasteiger partial charge < -0.3 is 5.32 Å². The molecule has 0 bridgehead atoms. The molecule has 5 aromatic rings. The molecule has 2 amide bonds. The molecule has 1 aromatic heterocycles. The lowest BCUT2D eigenvalue weighted by atomic mass is 10.1. The number of hydrogen-bond acceptors (Lipinski definition) is 4. The number of halogens is 1. The minimum absolute atomic E-state index is 0.335. The van der Waals surface area contributed by atoms with Crippen molar-refractivity contribution in [3.05, 3.63) is 108 Å². The van der Waals surface area contributed by atoms with Crippen molar-refractivity contribution in [1.82, 2.24) is 4.98 Å². The van der Waals surface area contributed by atoms with Crippen molar-refractivity contribution < 1.29 is 14.0 Å². The third kappa shape index (κ3) is 3.03. The third-order valence-corrected chi connectivity index (χ3v) is 5.83. The molecule has 0 saturated carbocycles. The van der Waals surface area contributed by atoms with Crippen molar-refractivity contribution in [3.63, 3.8) is 0 Å². The summed E-state index contributed by atoms with van der Waals surface area (Å²) in [6, 6.07) is 26.0. The number of nitrogens with one attached hydrogen (secondary N) is 1. The molecule has 33 heavy (non-hydrogen) atoms. The van der Waals surface area contributed by atoms with Crippen LogP contribution in [0.2, 0.25) is 0 Å².